The maximum Gasteiger partial charge on any atom is 0.0871 e. The van der Waals surface area contributed by atoms with Gasteiger partial charge in [-0.25, -0.2) is 0 Å². The molecule has 0 amide bonds. The van der Waals surface area contributed by atoms with Crippen molar-refractivity contribution in [1.29, 1.82) is 0 Å². The van der Waals surface area contributed by atoms with Crippen molar-refractivity contribution in [2.24, 2.45) is 5.73 Å². The van der Waals surface area contributed by atoms with Gasteiger partial charge < -0.3 is 10.8 Å². The second-order valence-electron chi connectivity index (χ2n) is 4.90. The van der Waals surface area contributed by atoms with Gasteiger partial charge in [-0.2, -0.15) is 0 Å². The topological polar surface area (TPSA) is 46.2 Å². The van der Waals surface area contributed by atoms with E-state index in [4.69, 9.17) is 28.9 Å². The van der Waals surface area contributed by atoms with Gasteiger partial charge in [0.25, 0.3) is 0 Å². The fourth-order valence-corrected chi connectivity index (χ4v) is 2.87. The molecular formula is C16H17Cl2NO. The lowest BCUT2D eigenvalue weighted by molar-refractivity contribution is 0.147. The lowest BCUT2D eigenvalue weighted by Gasteiger charge is -2.23. The summed E-state index contributed by atoms with van der Waals surface area (Å²) >= 11 is 12.0. The highest BCUT2D eigenvalue weighted by atomic mass is 35.5. The SMILES string of the molecule is Cc1cccc(C(CN)C(O)c2cc(Cl)cc(Cl)c2)c1. The van der Waals surface area contributed by atoms with Crippen LogP contribution >= 0.6 is 23.2 Å². The minimum atomic E-state index is -0.738. The van der Waals surface area contributed by atoms with Gasteiger partial charge in [0.2, 0.25) is 0 Å². The van der Waals surface area contributed by atoms with Crippen LogP contribution in [0.2, 0.25) is 10.0 Å². The number of aryl methyl sites for hydroxylation is 1. The Kier molecular flexibility index (Phi) is 5.06. The molecule has 2 aromatic carbocycles. The van der Waals surface area contributed by atoms with Gasteiger partial charge in [-0.1, -0.05) is 53.0 Å². The molecule has 106 valence electrons. The molecule has 0 spiro atoms. The van der Waals surface area contributed by atoms with Crippen molar-refractivity contribution in [2.45, 2.75) is 18.9 Å². The molecule has 0 heterocycles. The first-order valence-corrected chi connectivity index (χ1v) is 7.17. The Morgan fingerprint density at radius 2 is 1.70 bits per heavy atom. The monoisotopic (exact) mass is 309 g/mol. The van der Waals surface area contributed by atoms with Gasteiger partial charge in [-0.05, 0) is 36.2 Å². The average Bonchev–Trinajstić information content (AvgIpc) is 2.38. The molecule has 3 N–H and O–H groups in total. The number of aliphatic hydroxyl groups excluding tert-OH is 1. The maximum atomic E-state index is 10.6. The third-order valence-corrected chi connectivity index (χ3v) is 3.77. The van der Waals surface area contributed by atoms with Gasteiger partial charge in [-0.3, -0.25) is 0 Å². The Balaban J connectivity index is 2.35. The fourth-order valence-electron chi connectivity index (χ4n) is 2.33. The quantitative estimate of drug-likeness (QED) is 0.894. The summed E-state index contributed by atoms with van der Waals surface area (Å²) in [5.41, 5.74) is 8.67. The Labute approximate surface area is 129 Å². The summed E-state index contributed by atoms with van der Waals surface area (Å²) in [7, 11) is 0. The Morgan fingerprint density at radius 1 is 1.05 bits per heavy atom. The van der Waals surface area contributed by atoms with E-state index in [2.05, 4.69) is 0 Å². The van der Waals surface area contributed by atoms with E-state index >= 15 is 0 Å². The highest BCUT2D eigenvalue weighted by Gasteiger charge is 2.22. The summed E-state index contributed by atoms with van der Waals surface area (Å²) in [5.74, 6) is -0.190. The minimum Gasteiger partial charge on any atom is -0.388 e. The number of nitrogens with two attached hydrogens (primary N) is 1. The van der Waals surface area contributed by atoms with Crippen LogP contribution in [0.4, 0.5) is 0 Å². The second kappa shape index (κ2) is 6.59. The van der Waals surface area contributed by atoms with Crippen LogP contribution in [0.15, 0.2) is 42.5 Å². The molecule has 2 rings (SSSR count). The Bertz CT molecular complexity index is 581. The first kappa shape index (κ1) is 15.3. The third-order valence-electron chi connectivity index (χ3n) is 3.33. The molecule has 2 aromatic rings. The predicted octanol–water partition coefficient (Wildman–Crippen LogP) is 4.08. The molecule has 0 aliphatic heterocycles. The zero-order valence-corrected chi connectivity index (χ0v) is 12.7. The molecule has 2 unspecified atom stereocenters. The molecule has 2 atom stereocenters. The van der Waals surface area contributed by atoms with Crippen LogP contribution in [0, 0.1) is 6.92 Å². The van der Waals surface area contributed by atoms with Crippen LogP contribution in [0.25, 0.3) is 0 Å². The number of halogens is 2. The first-order chi connectivity index (χ1) is 9.51. The van der Waals surface area contributed by atoms with Crippen LogP contribution in [0.5, 0.6) is 0 Å². The van der Waals surface area contributed by atoms with Gasteiger partial charge >= 0.3 is 0 Å². The predicted molar refractivity (Wildman–Crippen MR) is 84.4 cm³/mol. The van der Waals surface area contributed by atoms with Crippen LogP contribution in [-0.2, 0) is 0 Å². The molecule has 0 aliphatic carbocycles. The third kappa shape index (κ3) is 3.53. The maximum absolute atomic E-state index is 10.6. The summed E-state index contributed by atoms with van der Waals surface area (Å²) in [6.07, 6.45) is -0.738. The zero-order valence-electron chi connectivity index (χ0n) is 11.2. The highest BCUT2D eigenvalue weighted by molar-refractivity contribution is 6.34. The number of hydrogen-bond acceptors (Lipinski definition) is 2. The van der Waals surface area contributed by atoms with E-state index in [1.165, 1.54) is 0 Å². The number of rotatable bonds is 4. The molecule has 0 fully saturated rings. The Hall–Kier alpha value is -1.06. The van der Waals surface area contributed by atoms with Gasteiger partial charge in [0, 0.05) is 22.5 Å². The van der Waals surface area contributed by atoms with E-state index in [0.717, 1.165) is 11.1 Å². The van der Waals surface area contributed by atoms with Crippen LogP contribution in [0.1, 0.15) is 28.7 Å². The van der Waals surface area contributed by atoms with Gasteiger partial charge in [-0.15, -0.1) is 0 Å². The van der Waals surface area contributed by atoms with Crippen LogP contribution in [-0.4, -0.2) is 11.7 Å². The normalized spacial score (nSPS) is 14.1. The summed E-state index contributed by atoms with van der Waals surface area (Å²) < 4.78 is 0. The van der Waals surface area contributed by atoms with E-state index in [0.29, 0.717) is 22.2 Å². The van der Waals surface area contributed by atoms with Crippen molar-refractivity contribution in [1.82, 2.24) is 0 Å². The molecular weight excluding hydrogens is 293 g/mol. The van der Waals surface area contributed by atoms with Crippen LogP contribution < -0.4 is 5.73 Å². The molecule has 2 nitrogen and oxygen atoms in total. The standard InChI is InChI=1S/C16H17Cl2NO/c1-10-3-2-4-11(5-10)15(9-19)16(20)12-6-13(17)8-14(18)7-12/h2-8,15-16,20H,9,19H2,1H3. The number of hydrogen-bond donors (Lipinski definition) is 2. The van der Waals surface area contributed by atoms with E-state index in [1.807, 2.05) is 31.2 Å². The summed E-state index contributed by atoms with van der Waals surface area (Å²) in [5, 5.41) is 11.6. The van der Waals surface area contributed by atoms with Crippen molar-refractivity contribution in [3.05, 3.63) is 69.2 Å². The smallest absolute Gasteiger partial charge is 0.0871 e. The summed E-state index contributed by atoms with van der Waals surface area (Å²) in [6, 6.07) is 13.1. The minimum absolute atomic E-state index is 0.190. The Morgan fingerprint density at radius 3 is 2.25 bits per heavy atom. The fraction of sp³-hybridized carbons (Fsp3) is 0.250. The highest BCUT2D eigenvalue weighted by Crippen LogP contribution is 2.33. The van der Waals surface area contributed by atoms with E-state index in [9.17, 15) is 5.11 Å². The summed E-state index contributed by atoms with van der Waals surface area (Å²) in [4.78, 5) is 0. The molecule has 4 heteroatoms. The first-order valence-electron chi connectivity index (χ1n) is 6.42. The molecule has 0 aromatic heterocycles. The van der Waals surface area contributed by atoms with Crippen molar-refractivity contribution in [3.63, 3.8) is 0 Å². The van der Waals surface area contributed by atoms with Crippen molar-refractivity contribution in [3.8, 4) is 0 Å². The lowest BCUT2D eigenvalue weighted by Crippen LogP contribution is -2.20. The van der Waals surface area contributed by atoms with Gasteiger partial charge in [0.15, 0.2) is 0 Å². The average molecular weight is 310 g/mol. The van der Waals surface area contributed by atoms with E-state index < -0.39 is 6.10 Å². The van der Waals surface area contributed by atoms with Crippen LogP contribution in [0.3, 0.4) is 0 Å². The second-order valence-corrected chi connectivity index (χ2v) is 5.78. The molecule has 0 aliphatic rings. The zero-order chi connectivity index (χ0) is 14.7. The molecule has 0 bridgehead atoms. The lowest BCUT2D eigenvalue weighted by atomic mass is 9.88. The van der Waals surface area contributed by atoms with E-state index in [-0.39, 0.29) is 5.92 Å². The van der Waals surface area contributed by atoms with E-state index in [1.54, 1.807) is 18.2 Å². The van der Waals surface area contributed by atoms with Gasteiger partial charge in [0.1, 0.15) is 0 Å². The van der Waals surface area contributed by atoms with Crippen molar-refractivity contribution < 1.29 is 5.11 Å². The molecule has 0 saturated carbocycles. The molecule has 0 saturated heterocycles. The van der Waals surface area contributed by atoms with Gasteiger partial charge in [0.05, 0.1) is 6.10 Å². The largest absolute Gasteiger partial charge is 0.388 e. The molecule has 0 radical (unpaired) electrons. The number of benzene rings is 2. The van der Waals surface area contributed by atoms with Crippen molar-refractivity contribution >= 4 is 23.2 Å². The molecule has 20 heavy (non-hydrogen) atoms. The summed E-state index contributed by atoms with van der Waals surface area (Å²) in [6.45, 7) is 2.36. The number of aliphatic hydroxyl groups is 1. The van der Waals surface area contributed by atoms with Crippen molar-refractivity contribution in [2.75, 3.05) is 6.54 Å².